The van der Waals surface area contributed by atoms with Crippen molar-refractivity contribution in [2.75, 3.05) is 6.26 Å². The van der Waals surface area contributed by atoms with E-state index in [0.717, 1.165) is 5.71 Å². The maximum absolute atomic E-state index is 5.00. The first-order chi connectivity index (χ1) is 4.16. The van der Waals surface area contributed by atoms with Crippen LogP contribution in [0.3, 0.4) is 0 Å². The van der Waals surface area contributed by atoms with E-state index in [0.29, 0.717) is 0 Å². The quantitative estimate of drug-likeness (QED) is 0.346. The second-order valence-electron chi connectivity index (χ2n) is 1.95. The zero-order valence-electron chi connectivity index (χ0n) is 6.34. The van der Waals surface area contributed by atoms with Crippen molar-refractivity contribution >= 4 is 17.5 Å². The fourth-order valence-corrected chi connectivity index (χ4v) is 0.352. The lowest BCUT2D eigenvalue weighted by Gasteiger charge is -2.04. The van der Waals surface area contributed by atoms with Crippen LogP contribution >= 0.6 is 11.8 Å². The maximum Gasteiger partial charge on any atom is 0.169 e. The van der Waals surface area contributed by atoms with Crippen molar-refractivity contribution in [3.8, 4) is 0 Å². The average Bonchev–Trinajstić information content (AvgIpc) is 1.83. The highest BCUT2D eigenvalue weighted by atomic mass is 32.2. The van der Waals surface area contributed by atoms with Crippen LogP contribution in [0.1, 0.15) is 20.8 Å². The fourth-order valence-electron chi connectivity index (χ4n) is 0.223. The average molecular weight is 147 g/mol. The Bertz CT molecular complexity index is 99.2. The Labute approximate surface area is 60.6 Å². The molecular formula is C6H13NOS. The highest BCUT2D eigenvalue weighted by Crippen LogP contribution is 2.06. The number of rotatable bonds is 3. The Morgan fingerprint density at radius 2 is 2.11 bits per heavy atom. The van der Waals surface area contributed by atoms with Gasteiger partial charge in [0.15, 0.2) is 5.44 Å². The minimum Gasteiger partial charge on any atom is -0.382 e. The second-order valence-corrected chi connectivity index (χ2v) is 3.08. The summed E-state index contributed by atoms with van der Waals surface area (Å²) in [5.74, 6) is 0. The largest absolute Gasteiger partial charge is 0.382 e. The van der Waals surface area contributed by atoms with Gasteiger partial charge in [-0.15, -0.1) is 11.8 Å². The van der Waals surface area contributed by atoms with E-state index in [2.05, 4.69) is 5.16 Å². The first-order valence-electron chi connectivity index (χ1n) is 2.86. The van der Waals surface area contributed by atoms with E-state index in [1.165, 1.54) is 0 Å². The molecule has 54 valence electrons. The molecule has 0 amide bonds. The molecule has 0 aromatic rings. The van der Waals surface area contributed by atoms with E-state index in [1.807, 2.05) is 27.0 Å². The van der Waals surface area contributed by atoms with Crippen LogP contribution < -0.4 is 0 Å². The van der Waals surface area contributed by atoms with Gasteiger partial charge in [-0.25, -0.2) is 0 Å². The fraction of sp³-hybridized carbons (Fsp3) is 0.833. The second kappa shape index (κ2) is 4.68. The molecule has 2 nitrogen and oxygen atoms in total. The summed E-state index contributed by atoms with van der Waals surface area (Å²) in [5, 5.41) is 3.79. The Hall–Kier alpha value is -0.180. The summed E-state index contributed by atoms with van der Waals surface area (Å²) in [6.45, 7) is 5.79. The molecule has 0 radical (unpaired) electrons. The third-order valence-electron chi connectivity index (χ3n) is 0.716. The van der Waals surface area contributed by atoms with Crippen LogP contribution in [-0.2, 0) is 4.84 Å². The topological polar surface area (TPSA) is 21.6 Å². The molecule has 1 atom stereocenters. The molecule has 0 N–H and O–H groups in total. The third kappa shape index (κ3) is 5.69. The molecule has 0 aromatic carbocycles. The highest BCUT2D eigenvalue weighted by Gasteiger charge is 1.94. The SMILES string of the molecule is CSC(C)ON=C(C)C. The zero-order chi connectivity index (χ0) is 7.28. The van der Waals surface area contributed by atoms with Gasteiger partial charge in [-0.3, -0.25) is 0 Å². The lowest BCUT2D eigenvalue weighted by atomic mass is 10.5. The van der Waals surface area contributed by atoms with Crippen LogP contribution in [0.25, 0.3) is 0 Å². The molecule has 0 saturated heterocycles. The normalized spacial score (nSPS) is 12.4. The molecule has 0 bridgehead atoms. The molecular weight excluding hydrogens is 134 g/mol. The number of hydrogen-bond donors (Lipinski definition) is 0. The summed E-state index contributed by atoms with van der Waals surface area (Å²) in [6.07, 6.45) is 1.99. The van der Waals surface area contributed by atoms with Crippen LogP contribution in [0.5, 0.6) is 0 Å². The van der Waals surface area contributed by atoms with Crippen LogP contribution in [0.2, 0.25) is 0 Å². The van der Waals surface area contributed by atoms with Gasteiger partial charge in [-0.05, 0) is 27.0 Å². The van der Waals surface area contributed by atoms with Crippen molar-refractivity contribution in [3.05, 3.63) is 0 Å². The summed E-state index contributed by atoms with van der Waals surface area (Å²) in [6, 6.07) is 0. The number of nitrogens with zero attached hydrogens (tertiary/aromatic N) is 1. The van der Waals surface area contributed by atoms with E-state index < -0.39 is 0 Å². The Morgan fingerprint density at radius 1 is 1.56 bits per heavy atom. The number of oxime groups is 1. The van der Waals surface area contributed by atoms with Crippen molar-refractivity contribution in [3.63, 3.8) is 0 Å². The van der Waals surface area contributed by atoms with E-state index in [4.69, 9.17) is 4.84 Å². The van der Waals surface area contributed by atoms with Crippen molar-refractivity contribution < 1.29 is 4.84 Å². The van der Waals surface area contributed by atoms with Gasteiger partial charge in [0.25, 0.3) is 0 Å². The third-order valence-corrected chi connectivity index (χ3v) is 1.47. The zero-order valence-corrected chi connectivity index (χ0v) is 7.16. The summed E-state index contributed by atoms with van der Waals surface area (Å²) in [5.41, 5.74) is 1.12. The molecule has 0 aromatic heterocycles. The minimum atomic E-state index is 0.167. The molecule has 3 heteroatoms. The summed E-state index contributed by atoms with van der Waals surface area (Å²) in [7, 11) is 0. The molecule has 1 unspecified atom stereocenters. The maximum atomic E-state index is 5.00. The highest BCUT2D eigenvalue weighted by molar-refractivity contribution is 7.99. The van der Waals surface area contributed by atoms with Gasteiger partial charge in [-0.1, -0.05) is 5.16 Å². The lowest BCUT2D eigenvalue weighted by molar-refractivity contribution is 0.134. The molecule has 0 aliphatic rings. The van der Waals surface area contributed by atoms with Gasteiger partial charge in [0.2, 0.25) is 0 Å². The lowest BCUT2D eigenvalue weighted by Crippen LogP contribution is -1.97. The van der Waals surface area contributed by atoms with Gasteiger partial charge in [0.05, 0.1) is 5.71 Å². The molecule has 0 fully saturated rings. The van der Waals surface area contributed by atoms with E-state index >= 15 is 0 Å². The number of hydrogen-bond acceptors (Lipinski definition) is 3. The molecule has 0 rings (SSSR count). The predicted octanol–water partition coefficient (Wildman–Crippen LogP) is 2.11. The van der Waals surface area contributed by atoms with Crippen molar-refractivity contribution in [1.29, 1.82) is 0 Å². The molecule has 0 heterocycles. The van der Waals surface area contributed by atoms with Gasteiger partial charge in [0.1, 0.15) is 0 Å². The van der Waals surface area contributed by atoms with Crippen molar-refractivity contribution in [2.24, 2.45) is 5.16 Å². The van der Waals surface area contributed by atoms with Gasteiger partial charge in [-0.2, -0.15) is 0 Å². The van der Waals surface area contributed by atoms with Crippen LogP contribution in [0.15, 0.2) is 5.16 Å². The van der Waals surface area contributed by atoms with Gasteiger partial charge in [0, 0.05) is 0 Å². The molecule has 9 heavy (non-hydrogen) atoms. The Kier molecular flexibility index (Phi) is 4.58. The molecule has 0 aliphatic heterocycles. The van der Waals surface area contributed by atoms with Crippen LogP contribution in [0, 0.1) is 0 Å². The smallest absolute Gasteiger partial charge is 0.169 e. The molecule has 0 saturated carbocycles. The van der Waals surface area contributed by atoms with Crippen LogP contribution in [0.4, 0.5) is 0 Å². The summed E-state index contributed by atoms with van der Waals surface area (Å²) in [4.78, 5) is 5.00. The number of thioether (sulfide) groups is 1. The monoisotopic (exact) mass is 147 g/mol. The van der Waals surface area contributed by atoms with Crippen molar-refractivity contribution in [1.82, 2.24) is 0 Å². The van der Waals surface area contributed by atoms with E-state index in [-0.39, 0.29) is 5.44 Å². The van der Waals surface area contributed by atoms with Crippen molar-refractivity contribution in [2.45, 2.75) is 26.2 Å². The predicted molar refractivity (Wildman–Crippen MR) is 42.8 cm³/mol. The molecule has 0 spiro atoms. The first-order valence-corrected chi connectivity index (χ1v) is 4.15. The summed E-state index contributed by atoms with van der Waals surface area (Å²) >= 11 is 1.64. The Morgan fingerprint density at radius 3 is 2.44 bits per heavy atom. The van der Waals surface area contributed by atoms with Gasteiger partial charge < -0.3 is 4.84 Å². The first kappa shape index (κ1) is 8.82. The summed E-state index contributed by atoms with van der Waals surface area (Å²) < 4.78 is 0. The standard InChI is InChI=1S/C6H13NOS/c1-5(2)7-8-6(3)9-4/h6H,1-4H3. The van der Waals surface area contributed by atoms with Crippen LogP contribution in [-0.4, -0.2) is 17.4 Å². The Balaban J connectivity index is 3.37. The van der Waals surface area contributed by atoms with E-state index in [9.17, 15) is 0 Å². The minimum absolute atomic E-state index is 0.167. The molecule has 0 aliphatic carbocycles. The van der Waals surface area contributed by atoms with E-state index in [1.54, 1.807) is 11.8 Å². The van der Waals surface area contributed by atoms with Gasteiger partial charge >= 0.3 is 0 Å².